The minimum Gasteiger partial charge on any atom is -0.394 e. The van der Waals surface area contributed by atoms with Crippen LogP contribution < -0.4 is 10.6 Å². The Morgan fingerprint density at radius 2 is 2.21 bits per heavy atom. The van der Waals surface area contributed by atoms with Gasteiger partial charge in [0.1, 0.15) is 0 Å². The molecule has 1 aromatic rings. The highest BCUT2D eigenvalue weighted by Crippen LogP contribution is 2.04. The first-order valence-electron chi connectivity index (χ1n) is 6.57. The summed E-state index contributed by atoms with van der Waals surface area (Å²) in [6, 6.07) is 9.35. The molecule has 1 heterocycles. The van der Waals surface area contributed by atoms with Crippen LogP contribution in [0, 0.1) is 0 Å². The van der Waals surface area contributed by atoms with Crippen LogP contribution >= 0.6 is 0 Å². The monoisotopic (exact) mass is 264 g/mol. The number of aliphatic hydroxyl groups is 1. The number of ether oxygens (including phenoxy) is 1. The summed E-state index contributed by atoms with van der Waals surface area (Å²) in [6.07, 6.45) is 1.46. The van der Waals surface area contributed by atoms with Gasteiger partial charge in [-0.25, -0.2) is 4.79 Å². The lowest BCUT2D eigenvalue weighted by Crippen LogP contribution is -2.48. The van der Waals surface area contributed by atoms with Gasteiger partial charge in [-0.15, -0.1) is 0 Å². The van der Waals surface area contributed by atoms with Crippen LogP contribution in [-0.4, -0.2) is 43.0 Å². The first-order valence-corrected chi connectivity index (χ1v) is 6.57. The zero-order valence-electron chi connectivity index (χ0n) is 10.8. The van der Waals surface area contributed by atoms with E-state index in [2.05, 4.69) is 10.6 Å². The van der Waals surface area contributed by atoms with Crippen molar-refractivity contribution in [2.75, 3.05) is 19.8 Å². The Labute approximate surface area is 113 Å². The lowest BCUT2D eigenvalue weighted by atomic mass is 10.1. The molecule has 2 unspecified atom stereocenters. The standard InChI is InChI=1S/C14H20N2O3/c17-9-13(8-11-4-2-1-3-5-11)16-14(18)15-12-6-7-19-10-12/h1-5,12-13,17H,6-10H2,(H2,15,16,18). The molecule has 1 aliphatic heterocycles. The predicted molar refractivity (Wildman–Crippen MR) is 71.9 cm³/mol. The van der Waals surface area contributed by atoms with Crippen molar-refractivity contribution in [3.63, 3.8) is 0 Å². The Kier molecular flexibility index (Phi) is 5.18. The van der Waals surface area contributed by atoms with Crippen LogP contribution in [0.5, 0.6) is 0 Å². The molecule has 0 bridgehead atoms. The zero-order chi connectivity index (χ0) is 13.5. The average molecular weight is 264 g/mol. The molecule has 0 saturated carbocycles. The Balaban J connectivity index is 1.79. The fourth-order valence-corrected chi connectivity index (χ4v) is 2.12. The largest absolute Gasteiger partial charge is 0.394 e. The second kappa shape index (κ2) is 7.11. The fraction of sp³-hybridized carbons (Fsp3) is 0.500. The molecule has 0 spiro atoms. The van der Waals surface area contributed by atoms with Gasteiger partial charge in [0, 0.05) is 6.61 Å². The highest BCUT2D eigenvalue weighted by Gasteiger charge is 2.19. The van der Waals surface area contributed by atoms with Crippen LogP contribution in [0.2, 0.25) is 0 Å². The van der Waals surface area contributed by atoms with Crippen LogP contribution in [0.1, 0.15) is 12.0 Å². The normalized spacial score (nSPS) is 19.9. The second-order valence-electron chi connectivity index (χ2n) is 4.75. The Morgan fingerprint density at radius 1 is 1.42 bits per heavy atom. The zero-order valence-corrected chi connectivity index (χ0v) is 10.8. The van der Waals surface area contributed by atoms with E-state index in [1.165, 1.54) is 0 Å². The first-order chi connectivity index (χ1) is 9.28. The minimum absolute atomic E-state index is 0.0797. The number of hydrogen-bond acceptors (Lipinski definition) is 3. The molecule has 0 radical (unpaired) electrons. The van der Waals surface area contributed by atoms with Crippen LogP contribution in [0.15, 0.2) is 30.3 Å². The lowest BCUT2D eigenvalue weighted by molar-refractivity contribution is 0.186. The number of hydrogen-bond donors (Lipinski definition) is 3. The van der Waals surface area contributed by atoms with Gasteiger partial charge in [0.2, 0.25) is 0 Å². The summed E-state index contributed by atoms with van der Waals surface area (Å²) in [5.74, 6) is 0. The van der Waals surface area contributed by atoms with Crippen molar-refractivity contribution in [3.8, 4) is 0 Å². The summed E-state index contributed by atoms with van der Waals surface area (Å²) in [4.78, 5) is 11.8. The molecule has 19 heavy (non-hydrogen) atoms. The summed E-state index contributed by atoms with van der Waals surface area (Å²) >= 11 is 0. The van der Waals surface area contributed by atoms with E-state index in [4.69, 9.17) is 4.74 Å². The number of urea groups is 1. The van der Waals surface area contributed by atoms with Gasteiger partial charge in [-0.1, -0.05) is 30.3 Å². The van der Waals surface area contributed by atoms with Crippen molar-refractivity contribution in [2.45, 2.75) is 24.9 Å². The number of nitrogens with one attached hydrogen (secondary N) is 2. The number of benzene rings is 1. The van der Waals surface area contributed by atoms with E-state index in [-0.39, 0.29) is 24.7 Å². The molecule has 0 aliphatic carbocycles. The predicted octanol–water partition coefficient (Wildman–Crippen LogP) is 0.678. The molecular formula is C14H20N2O3. The molecule has 2 atom stereocenters. The molecular weight excluding hydrogens is 244 g/mol. The lowest BCUT2D eigenvalue weighted by Gasteiger charge is -2.18. The maximum absolute atomic E-state index is 11.8. The smallest absolute Gasteiger partial charge is 0.315 e. The van der Waals surface area contributed by atoms with Crippen molar-refractivity contribution < 1.29 is 14.6 Å². The van der Waals surface area contributed by atoms with E-state index in [1.54, 1.807) is 0 Å². The summed E-state index contributed by atoms with van der Waals surface area (Å²) in [7, 11) is 0. The average Bonchev–Trinajstić information content (AvgIpc) is 2.92. The molecule has 5 heteroatoms. The molecule has 1 fully saturated rings. The molecule has 104 valence electrons. The molecule has 3 N–H and O–H groups in total. The number of carbonyl (C=O) groups is 1. The molecule has 2 amide bonds. The molecule has 5 nitrogen and oxygen atoms in total. The van der Waals surface area contributed by atoms with E-state index < -0.39 is 0 Å². The number of aliphatic hydroxyl groups excluding tert-OH is 1. The topological polar surface area (TPSA) is 70.6 Å². The number of amides is 2. The van der Waals surface area contributed by atoms with E-state index in [0.717, 1.165) is 12.0 Å². The number of carbonyl (C=O) groups excluding carboxylic acids is 1. The SMILES string of the molecule is O=C(NC1CCOC1)NC(CO)Cc1ccccc1. The van der Waals surface area contributed by atoms with Gasteiger partial charge in [-0.2, -0.15) is 0 Å². The third-order valence-corrected chi connectivity index (χ3v) is 3.15. The van der Waals surface area contributed by atoms with Crippen molar-refractivity contribution in [2.24, 2.45) is 0 Å². The first kappa shape index (κ1) is 13.8. The number of rotatable bonds is 5. The third-order valence-electron chi connectivity index (χ3n) is 3.15. The summed E-state index contributed by atoms with van der Waals surface area (Å²) in [5.41, 5.74) is 1.09. The quantitative estimate of drug-likeness (QED) is 0.732. The van der Waals surface area contributed by atoms with Crippen molar-refractivity contribution in [3.05, 3.63) is 35.9 Å². The molecule has 1 aromatic carbocycles. The maximum Gasteiger partial charge on any atom is 0.315 e. The van der Waals surface area contributed by atoms with Crippen LogP contribution in [0.4, 0.5) is 4.79 Å². The maximum atomic E-state index is 11.8. The van der Waals surface area contributed by atoms with E-state index >= 15 is 0 Å². The Hall–Kier alpha value is -1.59. The Morgan fingerprint density at radius 3 is 2.84 bits per heavy atom. The highest BCUT2D eigenvalue weighted by atomic mass is 16.5. The van der Waals surface area contributed by atoms with Gasteiger partial charge >= 0.3 is 6.03 Å². The molecule has 1 saturated heterocycles. The van der Waals surface area contributed by atoms with Crippen molar-refractivity contribution in [1.82, 2.24) is 10.6 Å². The van der Waals surface area contributed by atoms with Gasteiger partial charge in [0.25, 0.3) is 0 Å². The molecule has 0 aromatic heterocycles. The van der Waals surface area contributed by atoms with E-state index in [0.29, 0.717) is 19.6 Å². The summed E-state index contributed by atoms with van der Waals surface area (Å²) in [5, 5.41) is 15.0. The van der Waals surface area contributed by atoms with Crippen LogP contribution in [0.25, 0.3) is 0 Å². The summed E-state index contributed by atoms with van der Waals surface area (Å²) in [6.45, 7) is 1.18. The van der Waals surface area contributed by atoms with E-state index in [9.17, 15) is 9.90 Å². The van der Waals surface area contributed by atoms with Gasteiger partial charge < -0.3 is 20.5 Å². The highest BCUT2D eigenvalue weighted by molar-refractivity contribution is 5.74. The fourth-order valence-electron chi connectivity index (χ4n) is 2.12. The minimum atomic E-state index is -0.273. The molecule has 2 rings (SSSR count). The van der Waals surface area contributed by atoms with Gasteiger partial charge in [-0.3, -0.25) is 0 Å². The third kappa shape index (κ3) is 4.54. The molecule has 1 aliphatic rings. The van der Waals surface area contributed by atoms with Crippen molar-refractivity contribution >= 4 is 6.03 Å². The van der Waals surface area contributed by atoms with Crippen LogP contribution in [0.3, 0.4) is 0 Å². The van der Waals surface area contributed by atoms with E-state index in [1.807, 2.05) is 30.3 Å². The summed E-state index contributed by atoms with van der Waals surface area (Å²) < 4.78 is 5.19. The van der Waals surface area contributed by atoms with Crippen molar-refractivity contribution in [1.29, 1.82) is 0 Å². The Bertz CT molecular complexity index is 391. The van der Waals surface area contributed by atoms with Gasteiger partial charge in [0.05, 0.1) is 25.3 Å². The van der Waals surface area contributed by atoms with Gasteiger partial charge in [0.15, 0.2) is 0 Å². The second-order valence-corrected chi connectivity index (χ2v) is 4.75. The van der Waals surface area contributed by atoms with Crippen LogP contribution in [-0.2, 0) is 11.2 Å². The van der Waals surface area contributed by atoms with Gasteiger partial charge in [-0.05, 0) is 18.4 Å².